The lowest BCUT2D eigenvalue weighted by Gasteiger charge is -2.32. The number of benzene rings is 1. The van der Waals surface area contributed by atoms with Crippen LogP contribution in [0.2, 0.25) is 0 Å². The second-order valence-electron chi connectivity index (χ2n) is 6.43. The highest BCUT2D eigenvalue weighted by molar-refractivity contribution is 5.38. The highest BCUT2D eigenvalue weighted by Crippen LogP contribution is 2.33. The molecule has 1 heterocycles. The van der Waals surface area contributed by atoms with Gasteiger partial charge in [0.1, 0.15) is 0 Å². The minimum Gasteiger partial charge on any atom is -0.329 e. The lowest BCUT2D eigenvalue weighted by atomic mass is 9.94. The highest BCUT2D eigenvalue weighted by Gasteiger charge is 2.32. The van der Waals surface area contributed by atoms with Crippen LogP contribution >= 0.6 is 0 Å². The van der Waals surface area contributed by atoms with Gasteiger partial charge in [0, 0.05) is 25.2 Å². The molecule has 1 fully saturated rings. The zero-order valence-corrected chi connectivity index (χ0v) is 13.0. The summed E-state index contributed by atoms with van der Waals surface area (Å²) in [5, 5.41) is 0. The molecular weight excluding hydrogens is 232 g/mol. The lowest BCUT2D eigenvalue weighted by Crippen LogP contribution is -2.36. The van der Waals surface area contributed by atoms with Gasteiger partial charge in [-0.25, -0.2) is 0 Å². The zero-order valence-electron chi connectivity index (χ0n) is 13.0. The first-order valence-electron chi connectivity index (χ1n) is 7.47. The Bertz CT molecular complexity index is 453. The Morgan fingerprint density at radius 1 is 1.16 bits per heavy atom. The molecule has 3 unspecified atom stereocenters. The Balaban J connectivity index is 2.34. The third-order valence-corrected chi connectivity index (χ3v) is 4.70. The van der Waals surface area contributed by atoms with Gasteiger partial charge in [0.2, 0.25) is 0 Å². The van der Waals surface area contributed by atoms with Crippen LogP contribution in [-0.4, -0.2) is 24.0 Å². The average molecular weight is 260 g/mol. The Hall–Kier alpha value is -0.860. The number of likely N-dealkylation sites (tertiary alicyclic amines) is 1. The standard InChI is InChI=1S/C17H28N2/c1-11-6-15(5)19(10-11)17(9-18)16-8-13(3)12(2)7-14(16)4/h7-8,11,15,17H,6,9-10,18H2,1-5H3. The first-order chi connectivity index (χ1) is 8.93. The average Bonchev–Trinajstić information content (AvgIpc) is 2.66. The molecule has 1 saturated heterocycles. The van der Waals surface area contributed by atoms with Crippen molar-refractivity contribution in [3.63, 3.8) is 0 Å². The van der Waals surface area contributed by atoms with E-state index in [-0.39, 0.29) is 0 Å². The molecule has 106 valence electrons. The summed E-state index contributed by atoms with van der Waals surface area (Å²) in [4.78, 5) is 2.60. The van der Waals surface area contributed by atoms with Crippen molar-refractivity contribution in [3.05, 3.63) is 34.4 Å². The number of rotatable bonds is 3. The lowest BCUT2D eigenvalue weighted by molar-refractivity contribution is 0.191. The van der Waals surface area contributed by atoms with E-state index >= 15 is 0 Å². The molecule has 2 nitrogen and oxygen atoms in total. The zero-order chi connectivity index (χ0) is 14.2. The van der Waals surface area contributed by atoms with Crippen molar-refractivity contribution in [2.24, 2.45) is 11.7 Å². The van der Waals surface area contributed by atoms with Crippen LogP contribution in [0.4, 0.5) is 0 Å². The van der Waals surface area contributed by atoms with Gasteiger partial charge in [-0.1, -0.05) is 19.1 Å². The molecule has 0 aliphatic carbocycles. The Kier molecular flexibility index (Phi) is 4.32. The van der Waals surface area contributed by atoms with E-state index in [9.17, 15) is 0 Å². The summed E-state index contributed by atoms with van der Waals surface area (Å²) < 4.78 is 0. The third-order valence-electron chi connectivity index (χ3n) is 4.70. The molecule has 0 saturated carbocycles. The van der Waals surface area contributed by atoms with Gasteiger partial charge in [0.05, 0.1) is 0 Å². The minimum atomic E-state index is 0.374. The fraction of sp³-hybridized carbons (Fsp3) is 0.647. The molecule has 1 aliphatic heterocycles. The first kappa shape index (κ1) is 14.5. The maximum atomic E-state index is 6.11. The maximum absolute atomic E-state index is 6.11. The van der Waals surface area contributed by atoms with Crippen molar-refractivity contribution in [3.8, 4) is 0 Å². The molecule has 1 aromatic carbocycles. The third kappa shape index (κ3) is 2.85. The summed E-state index contributed by atoms with van der Waals surface area (Å²) in [6, 6.07) is 5.67. The molecule has 19 heavy (non-hydrogen) atoms. The molecule has 0 aromatic heterocycles. The highest BCUT2D eigenvalue weighted by atomic mass is 15.2. The van der Waals surface area contributed by atoms with Gasteiger partial charge in [-0.05, 0) is 62.3 Å². The fourth-order valence-electron chi connectivity index (χ4n) is 3.55. The predicted octanol–water partition coefficient (Wildman–Crippen LogP) is 3.34. The van der Waals surface area contributed by atoms with Gasteiger partial charge in [-0.15, -0.1) is 0 Å². The van der Waals surface area contributed by atoms with E-state index in [1.165, 1.54) is 35.2 Å². The molecule has 0 radical (unpaired) electrons. The van der Waals surface area contributed by atoms with Crippen LogP contribution in [0.5, 0.6) is 0 Å². The second kappa shape index (κ2) is 5.64. The van der Waals surface area contributed by atoms with Crippen molar-refractivity contribution in [2.45, 2.75) is 53.1 Å². The molecule has 3 atom stereocenters. The first-order valence-corrected chi connectivity index (χ1v) is 7.47. The van der Waals surface area contributed by atoms with E-state index in [1.54, 1.807) is 0 Å². The van der Waals surface area contributed by atoms with Crippen LogP contribution in [0.15, 0.2) is 12.1 Å². The van der Waals surface area contributed by atoms with Gasteiger partial charge < -0.3 is 5.73 Å². The monoisotopic (exact) mass is 260 g/mol. The number of nitrogens with two attached hydrogens (primary N) is 1. The number of nitrogens with zero attached hydrogens (tertiary/aromatic N) is 1. The smallest absolute Gasteiger partial charge is 0.0476 e. The summed E-state index contributed by atoms with van der Waals surface area (Å²) in [7, 11) is 0. The summed E-state index contributed by atoms with van der Waals surface area (Å²) in [5.41, 5.74) is 11.7. The number of hydrogen-bond acceptors (Lipinski definition) is 2. The minimum absolute atomic E-state index is 0.374. The Labute approximate surface area is 118 Å². The fourth-order valence-corrected chi connectivity index (χ4v) is 3.55. The molecule has 0 spiro atoms. The van der Waals surface area contributed by atoms with Crippen molar-refractivity contribution in [1.82, 2.24) is 4.90 Å². The molecule has 0 bridgehead atoms. The van der Waals surface area contributed by atoms with E-state index in [2.05, 4.69) is 51.7 Å². The summed E-state index contributed by atoms with van der Waals surface area (Å²) in [6.45, 7) is 13.2. The molecule has 1 aromatic rings. The summed E-state index contributed by atoms with van der Waals surface area (Å²) in [5.74, 6) is 0.788. The van der Waals surface area contributed by atoms with E-state index in [0.717, 1.165) is 5.92 Å². The number of hydrogen-bond donors (Lipinski definition) is 1. The number of aryl methyl sites for hydroxylation is 3. The molecule has 2 heteroatoms. The van der Waals surface area contributed by atoms with Crippen LogP contribution in [0, 0.1) is 26.7 Å². The van der Waals surface area contributed by atoms with Crippen LogP contribution in [0.1, 0.15) is 48.6 Å². The van der Waals surface area contributed by atoms with E-state index in [1.807, 2.05) is 0 Å². The summed E-state index contributed by atoms with van der Waals surface area (Å²) >= 11 is 0. The van der Waals surface area contributed by atoms with Gasteiger partial charge in [0.15, 0.2) is 0 Å². The van der Waals surface area contributed by atoms with Crippen molar-refractivity contribution < 1.29 is 0 Å². The summed E-state index contributed by atoms with van der Waals surface area (Å²) in [6.07, 6.45) is 1.29. The maximum Gasteiger partial charge on any atom is 0.0476 e. The predicted molar refractivity (Wildman–Crippen MR) is 82.4 cm³/mol. The largest absolute Gasteiger partial charge is 0.329 e. The second-order valence-corrected chi connectivity index (χ2v) is 6.43. The Morgan fingerprint density at radius 2 is 1.79 bits per heavy atom. The molecule has 2 rings (SSSR count). The molecule has 1 aliphatic rings. The Morgan fingerprint density at radius 3 is 2.32 bits per heavy atom. The van der Waals surface area contributed by atoms with Crippen LogP contribution < -0.4 is 5.73 Å². The SMILES string of the molecule is Cc1cc(C)c(C(CN)N2CC(C)CC2C)cc1C. The molecule has 0 amide bonds. The van der Waals surface area contributed by atoms with Gasteiger partial charge in [-0.3, -0.25) is 4.90 Å². The topological polar surface area (TPSA) is 29.3 Å². The van der Waals surface area contributed by atoms with Gasteiger partial charge in [0.25, 0.3) is 0 Å². The van der Waals surface area contributed by atoms with Crippen LogP contribution in [0.3, 0.4) is 0 Å². The van der Waals surface area contributed by atoms with Crippen molar-refractivity contribution in [2.75, 3.05) is 13.1 Å². The van der Waals surface area contributed by atoms with E-state index in [0.29, 0.717) is 18.6 Å². The molecular formula is C17H28N2. The van der Waals surface area contributed by atoms with Crippen molar-refractivity contribution >= 4 is 0 Å². The van der Waals surface area contributed by atoms with Crippen molar-refractivity contribution in [1.29, 1.82) is 0 Å². The quantitative estimate of drug-likeness (QED) is 0.903. The van der Waals surface area contributed by atoms with E-state index < -0.39 is 0 Å². The van der Waals surface area contributed by atoms with Gasteiger partial charge >= 0.3 is 0 Å². The van der Waals surface area contributed by atoms with Crippen LogP contribution in [0.25, 0.3) is 0 Å². The van der Waals surface area contributed by atoms with Crippen LogP contribution in [-0.2, 0) is 0 Å². The molecule has 2 N–H and O–H groups in total. The normalized spacial score (nSPS) is 25.8. The van der Waals surface area contributed by atoms with E-state index in [4.69, 9.17) is 5.73 Å². The van der Waals surface area contributed by atoms with Gasteiger partial charge in [-0.2, -0.15) is 0 Å².